The second-order valence-corrected chi connectivity index (χ2v) is 12.8. The molecule has 372 valence electrons. The van der Waals surface area contributed by atoms with E-state index < -0.39 is 79.0 Å². The zero-order valence-corrected chi connectivity index (χ0v) is 34.5. The van der Waals surface area contributed by atoms with E-state index >= 15 is 0 Å². The zero-order chi connectivity index (χ0) is 50.8. The van der Waals surface area contributed by atoms with Gasteiger partial charge in [-0.25, -0.2) is 4.98 Å². The molecule has 2 heterocycles. The van der Waals surface area contributed by atoms with E-state index in [9.17, 15) is 85.0 Å². The first-order chi connectivity index (χ1) is 28.5. The molecule has 2 atom stereocenters. The van der Waals surface area contributed by atoms with Crippen LogP contribution in [-0.4, -0.2) is 132 Å². The zero-order valence-electron chi connectivity index (χ0n) is 32.9. The molecule has 0 aliphatic heterocycles. The number of carbonyl (C=O) groups excluding carboxylic acids is 4. The molecule has 17 nitrogen and oxygen atoms in total. The van der Waals surface area contributed by atoms with Crippen LogP contribution >= 0.6 is 22.7 Å². The Morgan fingerprint density at radius 1 is 0.651 bits per heavy atom. The summed E-state index contributed by atoms with van der Waals surface area (Å²) < 4.78 is 166. The Kier molecular flexibility index (Phi) is 39.0. The number of nitrogens with two attached hydrogens (primary N) is 4. The lowest BCUT2D eigenvalue weighted by Crippen LogP contribution is -2.43. The van der Waals surface area contributed by atoms with Crippen LogP contribution in [0.2, 0.25) is 0 Å². The van der Waals surface area contributed by atoms with Gasteiger partial charge in [0.15, 0.2) is 5.01 Å². The second kappa shape index (κ2) is 36.2. The van der Waals surface area contributed by atoms with E-state index in [4.69, 9.17) is 38.3 Å². The topological polar surface area (TPSA) is 307 Å². The molecule has 2 unspecified atom stereocenters. The van der Waals surface area contributed by atoms with Gasteiger partial charge in [-0.2, -0.15) is 65.9 Å². The Morgan fingerprint density at radius 3 is 1.30 bits per heavy atom. The van der Waals surface area contributed by atoms with Crippen LogP contribution in [-0.2, 0) is 38.4 Å². The number of nitrogens with zero attached hydrogens (tertiary/aromatic N) is 2. The lowest BCUT2D eigenvalue weighted by molar-refractivity contribution is -0.173. The van der Waals surface area contributed by atoms with Crippen LogP contribution in [0.5, 0.6) is 0 Å². The second-order valence-electron chi connectivity index (χ2n) is 10.8. The Labute approximate surface area is 356 Å². The molecule has 0 aliphatic rings. The lowest BCUT2D eigenvalue weighted by Gasteiger charge is -2.12. The minimum Gasteiger partial charge on any atom is -0.390 e. The summed E-state index contributed by atoms with van der Waals surface area (Å²) in [6.45, 7) is -0.765. The quantitative estimate of drug-likeness (QED) is 0.135. The summed E-state index contributed by atoms with van der Waals surface area (Å²) in [6.07, 6.45) is -17.9. The minimum absolute atomic E-state index is 0.105. The fourth-order valence-electron chi connectivity index (χ4n) is 2.22. The summed E-state index contributed by atoms with van der Waals surface area (Å²) in [5.41, 5.74) is 21.6. The smallest absolute Gasteiger partial charge is 0.390 e. The SMILES string of the molecule is CC(=O)NCC(O)CN.CC(=O)NCC(O)CNC(=O)C(F)(F)F.CC(F)(F)F.FC(F)F.NCC(O)CN.NCc1cnc(C(F)(F)F)s1.O=C(NCc1cncs1)C(F)(F)F. The number of aliphatic hydroxyl groups excluding tert-OH is 3. The van der Waals surface area contributed by atoms with Gasteiger partial charge in [-0.05, 0) is 0 Å². The van der Waals surface area contributed by atoms with E-state index in [1.54, 1.807) is 5.32 Å². The lowest BCUT2D eigenvalue weighted by atomic mass is 10.3. The molecule has 0 aliphatic carbocycles. The predicted octanol–water partition coefficient (Wildman–Crippen LogP) is 1.56. The average molecular weight is 997 g/mol. The van der Waals surface area contributed by atoms with Crippen molar-refractivity contribution in [1.82, 2.24) is 31.2 Å². The Morgan fingerprint density at radius 2 is 1.03 bits per heavy atom. The van der Waals surface area contributed by atoms with Crippen LogP contribution in [0.3, 0.4) is 0 Å². The molecule has 0 bridgehead atoms. The standard InChI is InChI=1S/C7H11F3N2O3.C6H5F3N2OS.C5H5F3N2S.C5H12N2O2.C3H10N2O.C2H3F3.CHF3/c1-4(13)11-2-5(14)3-12-6(15)7(8,9)10;7-6(8,9)5(12)11-2-4-1-10-3-13-4;6-5(7,8)4-10-2-3(1-9)11-4;1-4(8)7-3-5(9)2-6;4-1-3(6)2-5;1-2(3,4)5;2-1(3)4/h5,14H,2-3H2,1H3,(H,11,13)(H,12,15);1,3H,2H2,(H,11,12);2H,1,9H2;5,9H,2-3,6H2,1H3,(H,7,8);3,6H,1-2,4-5H2;1H3;1H. The van der Waals surface area contributed by atoms with E-state index in [0.717, 1.165) is 6.20 Å². The van der Waals surface area contributed by atoms with Gasteiger partial charge < -0.3 is 59.5 Å². The minimum atomic E-state index is -4.96. The Bertz CT molecular complexity index is 1460. The van der Waals surface area contributed by atoms with Gasteiger partial charge >= 0.3 is 43.2 Å². The molecule has 15 N–H and O–H groups in total. The first kappa shape index (κ1) is 67.9. The summed E-state index contributed by atoms with van der Waals surface area (Å²) in [7, 11) is 0. The van der Waals surface area contributed by atoms with Crippen LogP contribution in [0.4, 0.5) is 65.9 Å². The summed E-state index contributed by atoms with van der Waals surface area (Å²) in [4.78, 5) is 49.0. The van der Waals surface area contributed by atoms with Crippen molar-refractivity contribution in [2.75, 3.05) is 39.3 Å². The van der Waals surface area contributed by atoms with E-state index in [2.05, 4.69) is 20.6 Å². The van der Waals surface area contributed by atoms with Gasteiger partial charge in [0.05, 0.1) is 30.4 Å². The number of aliphatic hydroxyl groups is 3. The third-order valence-corrected chi connectivity index (χ3v) is 6.75. The summed E-state index contributed by atoms with van der Waals surface area (Å²) >= 11 is 1.76. The molecule has 0 aromatic carbocycles. The van der Waals surface area contributed by atoms with Crippen molar-refractivity contribution < 1.29 is 100 Å². The van der Waals surface area contributed by atoms with Crippen LogP contribution in [0.1, 0.15) is 35.5 Å². The van der Waals surface area contributed by atoms with Crippen molar-refractivity contribution in [2.24, 2.45) is 22.9 Å². The number of halogens is 15. The van der Waals surface area contributed by atoms with Crippen molar-refractivity contribution in [1.29, 1.82) is 0 Å². The van der Waals surface area contributed by atoms with Gasteiger partial charge in [-0.15, -0.1) is 22.7 Å². The number of carbonyl (C=O) groups is 4. The molecule has 2 rings (SSSR count). The maximum absolute atomic E-state index is 11.8. The van der Waals surface area contributed by atoms with E-state index in [-0.39, 0.29) is 58.6 Å². The number of amides is 4. The first-order valence-corrected chi connectivity index (χ1v) is 18.1. The van der Waals surface area contributed by atoms with E-state index in [1.165, 1.54) is 42.2 Å². The van der Waals surface area contributed by atoms with E-state index in [1.807, 2.05) is 0 Å². The molecule has 0 saturated carbocycles. The monoisotopic (exact) mass is 996 g/mol. The molecule has 0 radical (unpaired) electrons. The Hall–Kier alpha value is -4.19. The maximum atomic E-state index is 11.8. The molecule has 2 aromatic rings. The van der Waals surface area contributed by atoms with Gasteiger partial charge in [0.1, 0.15) is 0 Å². The largest absolute Gasteiger partial charge is 0.471 e. The molecule has 4 amide bonds. The third-order valence-electron chi connectivity index (χ3n) is 4.91. The van der Waals surface area contributed by atoms with Crippen LogP contribution in [0.15, 0.2) is 17.9 Å². The molecule has 0 spiro atoms. The highest BCUT2D eigenvalue weighted by Crippen LogP contribution is 2.32. The third kappa shape index (κ3) is 53.9. The molecular formula is C29H47F15N10O7S2. The fraction of sp³-hybridized carbons (Fsp3) is 0.655. The number of hydrogen-bond acceptors (Lipinski definition) is 15. The number of alkyl halides is 15. The van der Waals surface area contributed by atoms with Gasteiger partial charge in [-0.1, -0.05) is 0 Å². The van der Waals surface area contributed by atoms with Crippen LogP contribution in [0.25, 0.3) is 0 Å². The highest BCUT2D eigenvalue weighted by Gasteiger charge is 2.39. The highest BCUT2D eigenvalue weighted by molar-refractivity contribution is 7.11. The number of hydrogen-bond donors (Lipinski definition) is 11. The average Bonchev–Trinajstić information content (AvgIpc) is 3.86. The van der Waals surface area contributed by atoms with Crippen molar-refractivity contribution in [3.8, 4) is 0 Å². The normalized spacial score (nSPS) is 11.9. The summed E-state index contributed by atoms with van der Waals surface area (Å²) in [5.74, 6) is -4.62. The van der Waals surface area contributed by atoms with Gasteiger partial charge in [0.2, 0.25) is 11.8 Å². The van der Waals surface area contributed by atoms with Gasteiger partial charge in [0, 0.05) is 88.7 Å². The van der Waals surface area contributed by atoms with Crippen molar-refractivity contribution in [2.45, 2.75) is 83.6 Å². The van der Waals surface area contributed by atoms with Gasteiger partial charge in [0.25, 0.3) is 0 Å². The number of rotatable bonds is 12. The summed E-state index contributed by atoms with van der Waals surface area (Å²) in [6, 6.07) is 0. The Balaban J connectivity index is -0.000000216. The fourth-order valence-corrected chi connectivity index (χ4v) is 3.41. The number of thiazole rings is 2. The molecule has 63 heavy (non-hydrogen) atoms. The van der Waals surface area contributed by atoms with Crippen LogP contribution < -0.4 is 44.2 Å². The highest BCUT2D eigenvalue weighted by atomic mass is 32.1. The van der Waals surface area contributed by atoms with Gasteiger partial charge in [-0.3, -0.25) is 24.2 Å². The molecule has 0 fully saturated rings. The van der Waals surface area contributed by atoms with E-state index in [0.29, 0.717) is 21.1 Å². The summed E-state index contributed by atoms with van der Waals surface area (Å²) in [5, 5.41) is 33.2. The van der Waals surface area contributed by atoms with Crippen molar-refractivity contribution in [3.63, 3.8) is 0 Å². The van der Waals surface area contributed by atoms with Crippen molar-refractivity contribution >= 4 is 46.3 Å². The molecule has 2 aromatic heterocycles. The number of nitrogens with one attached hydrogen (secondary N) is 4. The van der Waals surface area contributed by atoms with Crippen LogP contribution in [0, 0.1) is 0 Å². The molecule has 34 heteroatoms. The number of aromatic nitrogens is 2. The first-order valence-electron chi connectivity index (χ1n) is 16.4. The predicted molar refractivity (Wildman–Crippen MR) is 195 cm³/mol. The molecular weight excluding hydrogens is 949 g/mol. The van der Waals surface area contributed by atoms with Crippen molar-refractivity contribution in [3.05, 3.63) is 32.7 Å². The molecule has 0 saturated heterocycles. The maximum Gasteiger partial charge on any atom is 0.471 e.